The molecule has 1 aromatic heterocycles. The highest BCUT2D eigenvalue weighted by molar-refractivity contribution is 6.33. The van der Waals surface area contributed by atoms with E-state index in [2.05, 4.69) is 15.2 Å². The Balaban J connectivity index is 1.63. The summed E-state index contributed by atoms with van der Waals surface area (Å²) < 4.78 is 1.98. The van der Waals surface area contributed by atoms with E-state index >= 15 is 0 Å². The molecule has 0 bridgehead atoms. The second-order valence-corrected chi connectivity index (χ2v) is 6.78. The van der Waals surface area contributed by atoms with Crippen molar-refractivity contribution in [2.75, 3.05) is 23.3 Å². The van der Waals surface area contributed by atoms with Crippen LogP contribution in [0.2, 0.25) is 5.02 Å². The third-order valence-electron chi connectivity index (χ3n) is 4.50. The van der Waals surface area contributed by atoms with Crippen molar-refractivity contribution in [1.82, 2.24) is 9.55 Å². The quantitative estimate of drug-likeness (QED) is 0.897. The zero-order chi connectivity index (χ0) is 17.1. The highest BCUT2D eigenvalue weighted by Gasteiger charge is 2.17. The Morgan fingerprint density at radius 3 is 2.75 bits per heavy atom. The van der Waals surface area contributed by atoms with Crippen LogP contribution in [0.1, 0.15) is 25.6 Å². The van der Waals surface area contributed by atoms with Crippen LogP contribution in [0.4, 0.5) is 11.4 Å². The first-order valence-corrected chi connectivity index (χ1v) is 8.75. The molecular weight excluding hydrogens is 324 g/mol. The molecule has 5 nitrogen and oxygen atoms in total. The summed E-state index contributed by atoms with van der Waals surface area (Å²) in [5.41, 5.74) is 1.79. The molecule has 128 valence electrons. The molecule has 0 aliphatic carbocycles. The molecule has 0 radical (unpaired) electrons. The van der Waals surface area contributed by atoms with E-state index in [0.29, 0.717) is 11.6 Å². The second-order valence-electron chi connectivity index (χ2n) is 6.38. The highest BCUT2D eigenvalue weighted by atomic mass is 35.5. The number of nitrogens with zero attached hydrogens (tertiary/aromatic N) is 3. The number of hydrogen-bond donors (Lipinski definition) is 1. The van der Waals surface area contributed by atoms with Gasteiger partial charge in [-0.1, -0.05) is 18.5 Å². The average Bonchev–Trinajstić information content (AvgIpc) is 3.20. The molecule has 2 aromatic rings. The van der Waals surface area contributed by atoms with Gasteiger partial charge in [0.2, 0.25) is 5.91 Å². The maximum atomic E-state index is 12.4. The van der Waals surface area contributed by atoms with E-state index in [0.717, 1.165) is 30.3 Å². The van der Waals surface area contributed by atoms with Crippen molar-refractivity contribution >= 4 is 28.9 Å². The maximum Gasteiger partial charge on any atom is 0.229 e. The van der Waals surface area contributed by atoms with Crippen molar-refractivity contribution in [2.45, 2.75) is 33.2 Å². The number of imidazole rings is 1. The van der Waals surface area contributed by atoms with Crippen LogP contribution in [0.3, 0.4) is 0 Å². The normalized spacial score (nSPS) is 15.5. The lowest BCUT2D eigenvalue weighted by molar-refractivity contribution is -0.119. The third kappa shape index (κ3) is 3.73. The predicted molar refractivity (Wildman–Crippen MR) is 97.7 cm³/mol. The summed E-state index contributed by atoms with van der Waals surface area (Å²) in [5, 5.41) is 3.64. The van der Waals surface area contributed by atoms with Gasteiger partial charge in [-0.25, -0.2) is 4.98 Å². The number of amides is 1. The zero-order valence-electron chi connectivity index (χ0n) is 14.1. The van der Waals surface area contributed by atoms with Crippen LogP contribution in [0.5, 0.6) is 0 Å². The molecule has 1 unspecified atom stereocenters. The lowest BCUT2D eigenvalue weighted by Crippen LogP contribution is -2.24. The van der Waals surface area contributed by atoms with E-state index in [1.807, 2.05) is 42.8 Å². The third-order valence-corrected chi connectivity index (χ3v) is 4.81. The molecular formula is C18H23ClN4O. The van der Waals surface area contributed by atoms with E-state index < -0.39 is 0 Å². The summed E-state index contributed by atoms with van der Waals surface area (Å²) in [6.45, 7) is 6.55. The standard InChI is InChI=1S/C18H23ClN4O/c1-13(12-23-10-7-20-14(23)2)18(24)21-15-5-6-17(16(19)11-15)22-8-3-4-9-22/h5-7,10-11,13H,3-4,8-9,12H2,1-2H3,(H,21,24). The maximum absolute atomic E-state index is 12.4. The first kappa shape index (κ1) is 16.8. The predicted octanol–water partition coefficient (Wildman–Crippen LogP) is 3.72. The molecule has 3 rings (SSSR count). The van der Waals surface area contributed by atoms with Crippen LogP contribution in [0, 0.1) is 12.8 Å². The molecule has 24 heavy (non-hydrogen) atoms. The van der Waals surface area contributed by atoms with Crippen LogP contribution >= 0.6 is 11.6 Å². The van der Waals surface area contributed by atoms with E-state index in [-0.39, 0.29) is 11.8 Å². The highest BCUT2D eigenvalue weighted by Crippen LogP contribution is 2.31. The largest absolute Gasteiger partial charge is 0.370 e. The van der Waals surface area contributed by atoms with Gasteiger partial charge < -0.3 is 14.8 Å². The number of nitrogens with one attached hydrogen (secondary N) is 1. The van der Waals surface area contributed by atoms with E-state index in [4.69, 9.17) is 11.6 Å². The fraction of sp³-hybridized carbons (Fsp3) is 0.444. The topological polar surface area (TPSA) is 50.2 Å². The summed E-state index contributed by atoms with van der Waals surface area (Å²) in [7, 11) is 0. The Morgan fingerprint density at radius 1 is 1.38 bits per heavy atom. The summed E-state index contributed by atoms with van der Waals surface area (Å²) >= 11 is 6.40. The zero-order valence-corrected chi connectivity index (χ0v) is 14.9. The molecule has 1 aliphatic rings. The number of halogens is 1. The van der Waals surface area contributed by atoms with Crippen LogP contribution in [0.25, 0.3) is 0 Å². The molecule has 0 saturated carbocycles. The first-order chi connectivity index (χ1) is 11.5. The smallest absolute Gasteiger partial charge is 0.229 e. The van der Waals surface area contributed by atoms with Gasteiger partial charge in [-0.05, 0) is 38.0 Å². The van der Waals surface area contributed by atoms with Gasteiger partial charge >= 0.3 is 0 Å². The number of anilines is 2. The minimum Gasteiger partial charge on any atom is -0.370 e. The van der Waals surface area contributed by atoms with E-state index in [1.165, 1.54) is 12.8 Å². The van der Waals surface area contributed by atoms with Crippen LogP contribution in [0.15, 0.2) is 30.6 Å². The summed E-state index contributed by atoms with van der Waals surface area (Å²) in [5.74, 6) is 0.732. The van der Waals surface area contributed by atoms with Gasteiger partial charge in [0.25, 0.3) is 0 Å². The Morgan fingerprint density at radius 2 is 2.12 bits per heavy atom. The molecule has 1 N–H and O–H groups in total. The number of benzene rings is 1. The number of rotatable bonds is 5. The monoisotopic (exact) mass is 346 g/mol. The number of aromatic nitrogens is 2. The molecule has 0 spiro atoms. The van der Waals surface area contributed by atoms with Crippen molar-refractivity contribution in [3.63, 3.8) is 0 Å². The van der Waals surface area contributed by atoms with Crippen LogP contribution < -0.4 is 10.2 Å². The number of carbonyl (C=O) groups is 1. The van der Waals surface area contributed by atoms with Crippen molar-refractivity contribution in [2.24, 2.45) is 5.92 Å². The molecule has 6 heteroatoms. The van der Waals surface area contributed by atoms with Crippen molar-refractivity contribution in [3.8, 4) is 0 Å². The Labute approximate surface area is 147 Å². The molecule has 1 atom stereocenters. The summed E-state index contributed by atoms with van der Waals surface area (Å²) in [6, 6.07) is 5.75. The minimum absolute atomic E-state index is 0.0203. The molecule has 1 amide bonds. The second kappa shape index (κ2) is 7.26. The van der Waals surface area contributed by atoms with Gasteiger partial charge in [0.1, 0.15) is 5.82 Å². The van der Waals surface area contributed by atoms with E-state index in [1.54, 1.807) is 6.20 Å². The molecule has 1 aliphatic heterocycles. The van der Waals surface area contributed by atoms with Crippen molar-refractivity contribution in [1.29, 1.82) is 0 Å². The number of hydrogen-bond acceptors (Lipinski definition) is 3. The Bertz CT molecular complexity index is 722. The minimum atomic E-state index is -0.157. The van der Waals surface area contributed by atoms with Gasteiger partial charge in [0.15, 0.2) is 0 Å². The molecule has 1 saturated heterocycles. The average molecular weight is 347 g/mol. The molecule has 1 aromatic carbocycles. The van der Waals surface area contributed by atoms with Crippen LogP contribution in [-0.4, -0.2) is 28.5 Å². The van der Waals surface area contributed by atoms with Crippen molar-refractivity contribution in [3.05, 3.63) is 41.4 Å². The van der Waals surface area contributed by atoms with Crippen molar-refractivity contribution < 1.29 is 4.79 Å². The lowest BCUT2D eigenvalue weighted by atomic mass is 10.1. The molecule has 1 fully saturated rings. The first-order valence-electron chi connectivity index (χ1n) is 8.37. The summed E-state index contributed by atoms with van der Waals surface area (Å²) in [6.07, 6.45) is 6.05. The lowest BCUT2D eigenvalue weighted by Gasteiger charge is -2.20. The number of aryl methyl sites for hydroxylation is 1. The summed E-state index contributed by atoms with van der Waals surface area (Å²) in [4.78, 5) is 18.9. The van der Waals surface area contributed by atoms with Gasteiger partial charge in [-0.15, -0.1) is 0 Å². The Hall–Kier alpha value is -2.01. The SMILES string of the molecule is Cc1nccn1CC(C)C(=O)Nc1ccc(N2CCCC2)c(Cl)c1. The molecule has 2 heterocycles. The van der Waals surface area contributed by atoms with Gasteiger partial charge in [-0.2, -0.15) is 0 Å². The van der Waals surface area contributed by atoms with Gasteiger partial charge in [0.05, 0.1) is 16.6 Å². The Kier molecular flexibility index (Phi) is 5.09. The fourth-order valence-corrected chi connectivity index (χ4v) is 3.34. The van der Waals surface area contributed by atoms with Gasteiger partial charge in [0, 0.05) is 37.7 Å². The fourth-order valence-electron chi connectivity index (χ4n) is 3.04. The number of carbonyl (C=O) groups excluding carboxylic acids is 1. The van der Waals surface area contributed by atoms with Crippen LogP contribution in [-0.2, 0) is 11.3 Å². The van der Waals surface area contributed by atoms with E-state index in [9.17, 15) is 4.79 Å². The van der Waals surface area contributed by atoms with Gasteiger partial charge in [-0.3, -0.25) is 4.79 Å².